The van der Waals surface area contributed by atoms with Crippen LogP contribution in [-0.2, 0) is 9.53 Å². The standard InChI is InChI=1S/C18H28N2O4/c1-12(2)20-13(3)9-15(14(20)4)16(21)19-8-6-7-18(10-19,11-24-5)17(22)23/h9,12H,6-8,10-11H2,1-5H3,(H,22,23). The summed E-state index contributed by atoms with van der Waals surface area (Å²) in [6, 6.07) is 2.19. The Labute approximate surface area is 143 Å². The summed E-state index contributed by atoms with van der Waals surface area (Å²) in [5.74, 6) is -0.981. The number of ether oxygens (including phenoxy) is 1. The summed E-state index contributed by atoms with van der Waals surface area (Å²) in [5.41, 5.74) is 1.64. The van der Waals surface area contributed by atoms with E-state index in [4.69, 9.17) is 4.74 Å². The van der Waals surface area contributed by atoms with Crippen molar-refractivity contribution in [1.82, 2.24) is 9.47 Å². The average Bonchev–Trinajstić information content (AvgIpc) is 2.81. The molecule has 0 bridgehead atoms. The molecule has 0 aromatic carbocycles. The van der Waals surface area contributed by atoms with Crippen molar-refractivity contribution < 1.29 is 19.4 Å². The Kier molecular flexibility index (Phi) is 5.38. The molecule has 1 unspecified atom stereocenters. The zero-order valence-corrected chi connectivity index (χ0v) is 15.3. The number of carbonyl (C=O) groups excluding carboxylic acids is 1. The Morgan fingerprint density at radius 2 is 2.04 bits per heavy atom. The number of amides is 1. The SMILES string of the molecule is COCC1(C(=O)O)CCCN(C(=O)c2cc(C)n(C(C)C)c2C)C1. The molecule has 0 spiro atoms. The first kappa shape index (κ1) is 18.5. The van der Waals surface area contributed by atoms with Gasteiger partial charge in [-0.1, -0.05) is 0 Å². The topological polar surface area (TPSA) is 71.8 Å². The molecule has 6 heteroatoms. The van der Waals surface area contributed by atoms with Gasteiger partial charge in [-0.25, -0.2) is 0 Å². The van der Waals surface area contributed by atoms with E-state index in [1.807, 2.05) is 19.9 Å². The molecule has 1 saturated heterocycles. The fourth-order valence-corrected chi connectivity index (χ4v) is 3.89. The van der Waals surface area contributed by atoms with Crippen LogP contribution in [0.4, 0.5) is 0 Å². The van der Waals surface area contributed by atoms with Crippen LogP contribution in [0.15, 0.2) is 6.07 Å². The summed E-state index contributed by atoms with van der Waals surface area (Å²) in [5, 5.41) is 9.64. The van der Waals surface area contributed by atoms with E-state index in [-0.39, 0.29) is 25.1 Å². The average molecular weight is 336 g/mol. The van der Waals surface area contributed by atoms with Crippen LogP contribution in [0.3, 0.4) is 0 Å². The van der Waals surface area contributed by atoms with Crippen molar-refractivity contribution >= 4 is 11.9 Å². The zero-order chi connectivity index (χ0) is 18.1. The predicted octanol–water partition coefficient (Wildman–Crippen LogP) is 2.64. The molecular weight excluding hydrogens is 308 g/mol. The Morgan fingerprint density at radius 3 is 2.54 bits per heavy atom. The Bertz CT molecular complexity index is 631. The van der Waals surface area contributed by atoms with E-state index in [1.165, 1.54) is 7.11 Å². The molecule has 6 nitrogen and oxygen atoms in total. The second-order valence-corrected chi connectivity index (χ2v) is 7.10. The van der Waals surface area contributed by atoms with Gasteiger partial charge < -0.3 is 19.3 Å². The molecule has 134 valence electrons. The molecule has 0 aliphatic carbocycles. The van der Waals surface area contributed by atoms with Gasteiger partial charge in [-0.15, -0.1) is 0 Å². The summed E-state index contributed by atoms with van der Waals surface area (Å²) < 4.78 is 7.27. The number of aryl methyl sites for hydroxylation is 1. The molecular formula is C18H28N2O4. The molecule has 0 saturated carbocycles. The number of aromatic nitrogens is 1. The van der Waals surface area contributed by atoms with Gasteiger partial charge >= 0.3 is 5.97 Å². The maximum Gasteiger partial charge on any atom is 0.313 e. The molecule has 1 aliphatic rings. The smallest absolute Gasteiger partial charge is 0.313 e. The van der Waals surface area contributed by atoms with E-state index in [0.717, 1.165) is 11.4 Å². The highest BCUT2D eigenvalue weighted by molar-refractivity contribution is 5.96. The maximum atomic E-state index is 13.0. The van der Waals surface area contributed by atoms with Crippen molar-refractivity contribution in [3.05, 3.63) is 23.0 Å². The van der Waals surface area contributed by atoms with Gasteiger partial charge in [-0.3, -0.25) is 9.59 Å². The van der Waals surface area contributed by atoms with E-state index < -0.39 is 11.4 Å². The van der Waals surface area contributed by atoms with E-state index in [9.17, 15) is 14.7 Å². The molecule has 0 radical (unpaired) electrons. The van der Waals surface area contributed by atoms with Gasteiger partial charge in [-0.05, 0) is 46.6 Å². The minimum atomic E-state index is -1.01. The Balaban J connectivity index is 2.30. The van der Waals surface area contributed by atoms with Crippen LogP contribution in [-0.4, -0.2) is 53.3 Å². The number of aliphatic carboxylic acids is 1. The van der Waals surface area contributed by atoms with Crippen LogP contribution >= 0.6 is 0 Å². The van der Waals surface area contributed by atoms with Crippen LogP contribution in [0.25, 0.3) is 0 Å². The first-order chi connectivity index (χ1) is 11.2. The number of methoxy groups -OCH3 is 1. The highest BCUT2D eigenvalue weighted by Crippen LogP contribution is 2.32. The largest absolute Gasteiger partial charge is 0.481 e. The Morgan fingerprint density at radius 1 is 1.38 bits per heavy atom. The van der Waals surface area contributed by atoms with Crippen LogP contribution in [0.2, 0.25) is 0 Å². The van der Waals surface area contributed by atoms with Gasteiger partial charge in [0.15, 0.2) is 0 Å². The fourth-order valence-electron chi connectivity index (χ4n) is 3.89. The minimum Gasteiger partial charge on any atom is -0.481 e. The van der Waals surface area contributed by atoms with Gasteiger partial charge in [0.05, 0.1) is 12.2 Å². The van der Waals surface area contributed by atoms with Gasteiger partial charge in [0.1, 0.15) is 5.41 Å². The second kappa shape index (κ2) is 6.97. The van der Waals surface area contributed by atoms with Crippen molar-refractivity contribution in [3.8, 4) is 0 Å². The number of hydrogen-bond acceptors (Lipinski definition) is 3. The van der Waals surface area contributed by atoms with Crippen molar-refractivity contribution in [3.63, 3.8) is 0 Å². The number of carboxylic acid groups (broad SMARTS) is 1. The monoisotopic (exact) mass is 336 g/mol. The maximum absolute atomic E-state index is 13.0. The van der Waals surface area contributed by atoms with Gasteiger partial charge in [-0.2, -0.15) is 0 Å². The normalized spacial score (nSPS) is 21.3. The molecule has 24 heavy (non-hydrogen) atoms. The number of piperidine rings is 1. The highest BCUT2D eigenvalue weighted by Gasteiger charge is 2.44. The van der Waals surface area contributed by atoms with Crippen LogP contribution in [0, 0.1) is 19.3 Å². The van der Waals surface area contributed by atoms with E-state index in [1.54, 1.807) is 4.90 Å². The summed E-state index contributed by atoms with van der Waals surface area (Å²) in [7, 11) is 1.50. The van der Waals surface area contributed by atoms with E-state index >= 15 is 0 Å². The number of hydrogen-bond donors (Lipinski definition) is 1. The van der Waals surface area contributed by atoms with E-state index in [0.29, 0.717) is 24.9 Å². The van der Waals surface area contributed by atoms with Crippen molar-refractivity contribution in [2.75, 3.05) is 26.8 Å². The van der Waals surface area contributed by atoms with Gasteiger partial charge in [0.25, 0.3) is 5.91 Å². The lowest BCUT2D eigenvalue weighted by molar-refractivity contribution is -0.155. The molecule has 2 rings (SSSR count). The van der Waals surface area contributed by atoms with Crippen LogP contribution < -0.4 is 0 Å². The highest BCUT2D eigenvalue weighted by atomic mass is 16.5. The lowest BCUT2D eigenvalue weighted by atomic mass is 9.80. The van der Waals surface area contributed by atoms with Crippen LogP contribution in [0.5, 0.6) is 0 Å². The van der Waals surface area contributed by atoms with Crippen molar-refractivity contribution in [2.45, 2.75) is 46.6 Å². The van der Waals surface area contributed by atoms with E-state index in [2.05, 4.69) is 18.4 Å². The number of nitrogens with zero attached hydrogens (tertiary/aromatic N) is 2. The molecule has 1 atom stereocenters. The minimum absolute atomic E-state index is 0.0866. The zero-order valence-electron chi connectivity index (χ0n) is 15.3. The van der Waals surface area contributed by atoms with Gasteiger partial charge in [0, 0.05) is 37.6 Å². The first-order valence-corrected chi connectivity index (χ1v) is 8.43. The lowest BCUT2D eigenvalue weighted by Crippen LogP contribution is -2.52. The number of rotatable bonds is 5. The third kappa shape index (κ3) is 3.20. The summed E-state index contributed by atoms with van der Waals surface area (Å²) in [6.07, 6.45) is 1.20. The summed E-state index contributed by atoms with van der Waals surface area (Å²) >= 11 is 0. The number of carboxylic acids is 1. The molecule has 1 N–H and O–H groups in total. The van der Waals surface area contributed by atoms with Crippen LogP contribution in [0.1, 0.15) is 54.5 Å². The Hall–Kier alpha value is -1.82. The third-order valence-electron chi connectivity index (χ3n) is 4.97. The second-order valence-electron chi connectivity index (χ2n) is 7.10. The molecule has 1 aliphatic heterocycles. The summed E-state index contributed by atoms with van der Waals surface area (Å²) in [4.78, 5) is 26.4. The summed E-state index contributed by atoms with van der Waals surface area (Å²) in [6.45, 7) is 9.02. The number of likely N-dealkylation sites (tertiary alicyclic amines) is 1. The van der Waals surface area contributed by atoms with Crippen molar-refractivity contribution in [1.29, 1.82) is 0 Å². The molecule has 1 fully saturated rings. The molecule has 1 aromatic heterocycles. The fraction of sp³-hybridized carbons (Fsp3) is 0.667. The first-order valence-electron chi connectivity index (χ1n) is 8.43. The lowest BCUT2D eigenvalue weighted by Gasteiger charge is -2.39. The van der Waals surface area contributed by atoms with Gasteiger partial charge in [0.2, 0.25) is 0 Å². The third-order valence-corrected chi connectivity index (χ3v) is 4.97. The number of carbonyl (C=O) groups is 2. The molecule has 1 aromatic rings. The van der Waals surface area contributed by atoms with Crippen molar-refractivity contribution in [2.24, 2.45) is 5.41 Å². The quantitative estimate of drug-likeness (QED) is 0.897. The molecule has 2 heterocycles. The predicted molar refractivity (Wildman–Crippen MR) is 91.4 cm³/mol. The molecule has 1 amide bonds.